The Bertz CT molecular complexity index is 366. The lowest BCUT2D eigenvalue weighted by Gasteiger charge is -2.19. The van der Waals surface area contributed by atoms with Crippen LogP contribution in [0.3, 0.4) is 0 Å². The number of ether oxygens (including phenoxy) is 3. The summed E-state index contributed by atoms with van der Waals surface area (Å²) in [6.07, 6.45) is 24.8. The number of unbranched alkanes of at least 4 members (excludes halogenated alkanes) is 4. The second kappa shape index (κ2) is 26.2. The molecule has 3 nitrogen and oxygen atoms in total. The Kier molecular flexibility index (Phi) is 26.1. The van der Waals surface area contributed by atoms with Gasteiger partial charge in [-0.1, -0.05) is 76.7 Å². The molecule has 0 saturated heterocycles. The van der Waals surface area contributed by atoms with E-state index in [0.29, 0.717) is 25.3 Å². The smallest absolute Gasteiger partial charge is 0.149 e. The minimum atomic E-state index is 0.250. The number of halogens is 2. The zero-order valence-corrected chi connectivity index (χ0v) is 21.7. The van der Waals surface area contributed by atoms with E-state index >= 15 is 0 Å². The van der Waals surface area contributed by atoms with E-state index < -0.39 is 0 Å². The minimum absolute atomic E-state index is 0.250. The molecule has 0 spiro atoms. The molecule has 2 unspecified atom stereocenters. The van der Waals surface area contributed by atoms with Crippen molar-refractivity contribution < 1.29 is 14.2 Å². The summed E-state index contributed by atoms with van der Waals surface area (Å²) in [5, 5.41) is 0. The van der Waals surface area contributed by atoms with Gasteiger partial charge in [-0.25, -0.2) is 0 Å². The first-order chi connectivity index (χ1) is 15.3. The van der Waals surface area contributed by atoms with Crippen molar-refractivity contribution in [1.29, 1.82) is 0 Å². The Balaban J connectivity index is 4.17. The summed E-state index contributed by atoms with van der Waals surface area (Å²) >= 11 is 11.4. The SMILES string of the molecule is CCCCCC(CC/C=C\CCCl)OCOCOC(CC/C=C\CCCl)CCCCC. The van der Waals surface area contributed by atoms with Gasteiger partial charge in [-0.2, -0.15) is 0 Å². The predicted molar refractivity (Wildman–Crippen MR) is 136 cm³/mol. The number of allylic oxidation sites excluding steroid dienone is 4. The number of alkyl halides is 2. The molecule has 5 heteroatoms. The highest BCUT2D eigenvalue weighted by Crippen LogP contribution is 2.15. The van der Waals surface area contributed by atoms with Crippen molar-refractivity contribution in [2.24, 2.45) is 0 Å². The predicted octanol–water partition coefficient (Wildman–Crippen LogP) is 8.78. The van der Waals surface area contributed by atoms with E-state index in [1.165, 1.54) is 38.5 Å². The van der Waals surface area contributed by atoms with Crippen LogP contribution >= 0.6 is 23.2 Å². The standard InChI is InChI=1S/C26H48Cl2O3/c1-3-5-11-17-25(19-13-7-9-15-21-27)30-23-29-24-31-26(18-12-6-4-2)20-14-8-10-16-22-28/h7-10,25-26H,3-6,11-24H2,1-2H3/b9-7-,10-8-. The van der Waals surface area contributed by atoms with Crippen LogP contribution in [0.2, 0.25) is 0 Å². The van der Waals surface area contributed by atoms with Gasteiger partial charge in [0, 0.05) is 11.8 Å². The van der Waals surface area contributed by atoms with Crippen LogP contribution in [0.15, 0.2) is 24.3 Å². The van der Waals surface area contributed by atoms with E-state index in [2.05, 4.69) is 38.2 Å². The van der Waals surface area contributed by atoms with Crippen LogP contribution in [0.4, 0.5) is 0 Å². The van der Waals surface area contributed by atoms with E-state index in [9.17, 15) is 0 Å². The second-order valence-electron chi connectivity index (χ2n) is 8.06. The van der Waals surface area contributed by atoms with Gasteiger partial charge >= 0.3 is 0 Å². The highest BCUT2D eigenvalue weighted by molar-refractivity contribution is 6.18. The average molecular weight is 480 g/mol. The molecule has 0 amide bonds. The van der Waals surface area contributed by atoms with E-state index in [1.807, 2.05) is 0 Å². The van der Waals surface area contributed by atoms with Crippen LogP contribution in [0.1, 0.15) is 104 Å². The first kappa shape index (κ1) is 30.9. The molecule has 0 aliphatic carbocycles. The molecule has 0 aromatic carbocycles. The number of hydrogen-bond donors (Lipinski definition) is 0. The molecule has 0 aromatic rings. The molecular formula is C26H48Cl2O3. The maximum Gasteiger partial charge on any atom is 0.149 e. The summed E-state index contributed by atoms with van der Waals surface area (Å²) in [5.74, 6) is 1.37. The van der Waals surface area contributed by atoms with Crippen LogP contribution in [0, 0.1) is 0 Å². The average Bonchev–Trinajstić information content (AvgIpc) is 2.77. The Morgan fingerprint density at radius 3 is 1.39 bits per heavy atom. The van der Waals surface area contributed by atoms with E-state index in [0.717, 1.165) is 51.4 Å². The van der Waals surface area contributed by atoms with Crippen molar-refractivity contribution in [3.05, 3.63) is 24.3 Å². The fourth-order valence-electron chi connectivity index (χ4n) is 3.35. The normalized spacial score (nSPS) is 14.1. The summed E-state index contributed by atoms with van der Waals surface area (Å²) < 4.78 is 17.7. The molecule has 0 fully saturated rings. The zero-order chi connectivity index (χ0) is 22.8. The van der Waals surface area contributed by atoms with Gasteiger partial charge in [0.05, 0.1) is 12.2 Å². The zero-order valence-electron chi connectivity index (χ0n) is 20.2. The Morgan fingerprint density at radius 2 is 1.00 bits per heavy atom. The molecule has 184 valence electrons. The number of hydrogen-bond acceptors (Lipinski definition) is 3. The monoisotopic (exact) mass is 478 g/mol. The highest BCUT2D eigenvalue weighted by atomic mass is 35.5. The molecular weight excluding hydrogens is 431 g/mol. The van der Waals surface area contributed by atoms with E-state index in [4.69, 9.17) is 37.4 Å². The van der Waals surface area contributed by atoms with Crippen LogP contribution in [-0.2, 0) is 14.2 Å². The van der Waals surface area contributed by atoms with Crippen LogP contribution < -0.4 is 0 Å². The highest BCUT2D eigenvalue weighted by Gasteiger charge is 2.10. The molecule has 0 saturated carbocycles. The minimum Gasteiger partial charge on any atom is -0.352 e. The van der Waals surface area contributed by atoms with Crippen molar-refractivity contribution >= 4 is 23.2 Å². The van der Waals surface area contributed by atoms with Gasteiger partial charge < -0.3 is 14.2 Å². The summed E-state index contributed by atoms with van der Waals surface area (Å²) in [6, 6.07) is 0. The summed E-state index contributed by atoms with van der Waals surface area (Å²) in [7, 11) is 0. The summed E-state index contributed by atoms with van der Waals surface area (Å²) in [6.45, 7) is 5.07. The second-order valence-corrected chi connectivity index (χ2v) is 8.82. The molecule has 0 heterocycles. The molecule has 2 atom stereocenters. The topological polar surface area (TPSA) is 27.7 Å². The van der Waals surface area contributed by atoms with Crippen LogP contribution in [-0.4, -0.2) is 37.6 Å². The lowest BCUT2D eigenvalue weighted by molar-refractivity contribution is -0.167. The van der Waals surface area contributed by atoms with Gasteiger partial charge in [0.1, 0.15) is 13.6 Å². The van der Waals surface area contributed by atoms with Gasteiger partial charge in [0.2, 0.25) is 0 Å². The molecule has 0 bridgehead atoms. The van der Waals surface area contributed by atoms with Gasteiger partial charge in [0.25, 0.3) is 0 Å². The largest absolute Gasteiger partial charge is 0.352 e. The molecule has 0 N–H and O–H groups in total. The summed E-state index contributed by atoms with van der Waals surface area (Å²) in [5.41, 5.74) is 0. The fourth-order valence-corrected chi connectivity index (χ4v) is 3.60. The molecule has 0 rings (SSSR count). The first-order valence-electron chi connectivity index (χ1n) is 12.5. The first-order valence-corrected chi connectivity index (χ1v) is 13.6. The quantitative estimate of drug-likeness (QED) is 0.0599. The molecule has 0 radical (unpaired) electrons. The van der Waals surface area contributed by atoms with Gasteiger partial charge in [-0.3, -0.25) is 0 Å². The summed E-state index contributed by atoms with van der Waals surface area (Å²) in [4.78, 5) is 0. The van der Waals surface area contributed by atoms with Crippen molar-refractivity contribution in [3.8, 4) is 0 Å². The van der Waals surface area contributed by atoms with Crippen molar-refractivity contribution in [1.82, 2.24) is 0 Å². The molecule has 31 heavy (non-hydrogen) atoms. The maximum absolute atomic E-state index is 6.02. The third-order valence-electron chi connectivity index (χ3n) is 5.23. The van der Waals surface area contributed by atoms with Crippen LogP contribution in [0.5, 0.6) is 0 Å². The lowest BCUT2D eigenvalue weighted by Crippen LogP contribution is -2.19. The van der Waals surface area contributed by atoms with E-state index in [1.54, 1.807) is 0 Å². The van der Waals surface area contributed by atoms with E-state index in [-0.39, 0.29) is 12.2 Å². The van der Waals surface area contributed by atoms with Gasteiger partial charge in [-0.05, 0) is 51.4 Å². The van der Waals surface area contributed by atoms with Crippen LogP contribution in [0.25, 0.3) is 0 Å². The Morgan fingerprint density at radius 1 is 0.581 bits per heavy atom. The van der Waals surface area contributed by atoms with Crippen molar-refractivity contribution in [2.75, 3.05) is 25.3 Å². The maximum atomic E-state index is 6.02. The molecule has 0 aromatic heterocycles. The third kappa shape index (κ3) is 22.9. The van der Waals surface area contributed by atoms with Gasteiger partial charge in [-0.15, -0.1) is 23.2 Å². The lowest BCUT2D eigenvalue weighted by atomic mass is 10.1. The molecule has 0 aliphatic heterocycles. The number of rotatable bonds is 24. The Hall–Kier alpha value is -0.0600. The third-order valence-corrected chi connectivity index (χ3v) is 5.67. The van der Waals surface area contributed by atoms with Gasteiger partial charge in [0.15, 0.2) is 0 Å². The van der Waals surface area contributed by atoms with Crippen molar-refractivity contribution in [3.63, 3.8) is 0 Å². The molecule has 0 aliphatic rings. The Labute approximate surface area is 202 Å². The van der Waals surface area contributed by atoms with Crippen molar-refractivity contribution in [2.45, 2.75) is 116 Å². The fraction of sp³-hybridized carbons (Fsp3) is 0.846.